The van der Waals surface area contributed by atoms with E-state index in [0.717, 1.165) is 24.3 Å². The lowest BCUT2D eigenvalue weighted by atomic mass is 9.74. The first-order chi connectivity index (χ1) is 8.91. The van der Waals surface area contributed by atoms with E-state index in [1.54, 1.807) is 7.11 Å². The Labute approximate surface area is 113 Å². The minimum atomic E-state index is -0.887. The minimum absolute atomic E-state index is 0.265. The molecule has 4 heteroatoms. The van der Waals surface area contributed by atoms with E-state index in [9.17, 15) is 9.90 Å². The van der Waals surface area contributed by atoms with E-state index in [-0.39, 0.29) is 5.41 Å². The van der Waals surface area contributed by atoms with Gasteiger partial charge in [-0.25, -0.2) is 4.79 Å². The summed E-state index contributed by atoms with van der Waals surface area (Å²) in [4.78, 5) is 11.8. The predicted octanol–water partition coefficient (Wildman–Crippen LogP) is 3.14. The molecule has 104 valence electrons. The normalized spacial score (nSPS) is 25.0. The van der Waals surface area contributed by atoms with Crippen molar-refractivity contribution in [3.8, 4) is 5.75 Å². The van der Waals surface area contributed by atoms with E-state index >= 15 is 0 Å². The number of nitrogens with one attached hydrogen (secondary N) is 1. The van der Waals surface area contributed by atoms with Crippen LogP contribution in [0.15, 0.2) is 24.3 Å². The second-order valence-electron chi connectivity index (χ2n) is 5.80. The summed E-state index contributed by atoms with van der Waals surface area (Å²) in [5.41, 5.74) is -0.335. The second-order valence-corrected chi connectivity index (χ2v) is 5.80. The molecule has 0 aromatic heterocycles. The van der Waals surface area contributed by atoms with Crippen molar-refractivity contribution in [3.63, 3.8) is 0 Å². The van der Waals surface area contributed by atoms with Crippen LogP contribution in [-0.4, -0.2) is 23.7 Å². The van der Waals surface area contributed by atoms with Gasteiger partial charge in [0.2, 0.25) is 0 Å². The van der Waals surface area contributed by atoms with Crippen molar-refractivity contribution >= 4 is 11.7 Å². The molecule has 1 aromatic carbocycles. The molecule has 1 fully saturated rings. The van der Waals surface area contributed by atoms with Gasteiger partial charge in [-0.1, -0.05) is 13.8 Å². The van der Waals surface area contributed by atoms with Crippen molar-refractivity contribution in [2.75, 3.05) is 12.4 Å². The molecule has 1 atom stereocenters. The van der Waals surface area contributed by atoms with Crippen molar-refractivity contribution in [2.24, 2.45) is 5.41 Å². The molecule has 0 radical (unpaired) electrons. The molecule has 0 amide bonds. The highest BCUT2D eigenvalue weighted by atomic mass is 16.5. The minimum Gasteiger partial charge on any atom is -0.497 e. The molecule has 1 unspecified atom stereocenters. The standard InChI is InChI=1S/C15H21NO3/c1-14(2)9-4-10-15(14,13(17)18)16-11-5-7-12(19-3)8-6-11/h5-8,16H,4,9-10H2,1-3H3,(H,17,18). The molecule has 2 rings (SSSR count). The van der Waals surface area contributed by atoms with E-state index < -0.39 is 11.5 Å². The molecule has 0 spiro atoms. The summed E-state index contributed by atoms with van der Waals surface area (Å²) in [6.45, 7) is 4.04. The van der Waals surface area contributed by atoms with Crippen LogP contribution in [0.1, 0.15) is 33.1 Å². The van der Waals surface area contributed by atoms with Crippen LogP contribution < -0.4 is 10.1 Å². The number of carboxylic acids is 1. The maximum Gasteiger partial charge on any atom is 0.329 e. The second kappa shape index (κ2) is 4.76. The smallest absolute Gasteiger partial charge is 0.329 e. The van der Waals surface area contributed by atoms with Gasteiger partial charge in [0.1, 0.15) is 11.3 Å². The summed E-state index contributed by atoms with van der Waals surface area (Å²) in [5, 5.41) is 12.9. The fraction of sp³-hybridized carbons (Fsp3) is 0.533. The highest BCUT2D eigenvalue weighted by Crippen LogP contribution is 2.48. The third-order valence-electron chi connectivity index (χ3n) is 4.32. The van der Waals surface area contributed by atoms with Crippen molar-refractivity contribution in [1.82, 2.24) is 0 Å². The van der Waals surface area contributed by atoms with Crippen molar-refractivity contribution in [2.45, 2.75) is 38.6 Å². The molecular formula is C15H21NO3. The number of aliphatic carboxylic acids is 1. The van der Waals surface area contributed by atoms with E-state index in [0.29, 0.717) is 6.42 Å². The Kier molecular flexibility index (Phi) is 3.43. The SMILES string of the molecule is COc1ccc(NC2(C(=O)O)CCCC2(C)C)cc1. The first-order valence-corrected chi connectivity index (χ1v) is 6.57. The molecule has 1 aliphatic carbocycles. The molecule has 0 saturated heterocycles. The van der Waals surface area contributed by atoms with E-state index in [1.807, 2.05) is 38.1 Å². The number of methoxy groups -OCH3 is 1. The van der Waals surface area contributed by atoms with Crippen molar-refractivity contribution in [3.05, 3.63) is 24.3 Å². The summed E-state index contributed by atoms with van der Waals surface area (Å²) in [5.74, 6) is -0.00794. The number of anilines is 1. The number of rotatable bonds is 4. The maximum absolute atomic E-state index is 11.8. The zero-order valence-corrected chi connectivity index (χ0v) is 11.7. The van der Waals surface area contributed by atoms with Crippen LogP contribution in [0.25, 0.3) is 0 Å². The van der Waals surface area contributed by atoms with Gasteiger partial charge < -0.3 is 15.2 Å². The zero-order valence-electron chi connectivity index (χ0n) is 11.7. The van der Waals surface area contributed by atoms with Gasteiger partial charge in [0.05, 0.1) is 7.11 Å². The molecule has 0 aliphatic heterocycles. The molecule has 2 N–H and O–H groups in total. The molecule has 1 aliphatic rings. The van der Waals surface area contributed by atoms with Crippen LogP contribution in [-0.2, 0) is 4.79 Å². The quantitative estimate of drug-likeness (QED) is 0.876. The van der Waals surface area contributed by atoms with Crippen LogP contribution in [0.5, 0.6) is 5.75 Å². The van der Waals surface area contributed by atoms with Crippen LogP contribution in [0, 0.1) is 5.41 Å². The molecule has 0 bridgehead atoms. The maximum atomic E-state index is 11.8. The molecule has 0 heterocycles. The number of hydrogen-bond donors (Lipinski definition) is 2. The molecule has 4 nitrogen and oxygen atoms in total. The van der Waals surface area contributed by atoms with Gasteiger partial charge in [-0.2, -0.15) is 0 Å². The van der Waals surface area contributed by atoms with Gasteiger partial charge in [-0.3, -0.25) is 0 Å². The zero-order chi connectivity index (χ0) is 14.1. The topological polar surface area (TPSA) is 58.6 Å². The lowest BCUT2D eigenvalue weighted by molar-refractivity contribution is -0.145. The average molecular weight is 263 g/mol. The number of ether oxygens (including phenoxy) is 1. The van der Waals surface area contributed by atoms with E-state index in [4.69, 9.17) is 4.74 Å². The Hall–Kier alpha value is -1.71. The lowest BCUT2D eigenvalue weighted by Crippen LogP contribution is -2.53. The van der Waals surface area contributed by atoms with Gasteiger partial charge in [0, 0.05) is 5.69 Å². The summed E-state index contributed by atoms with van der Waals surface area (Å²) in [6.07, 6.45) is 2.51. The van der Waals surface area contributed by atoms with Gasteiger partial charge in [-0.05, 0) is 48.9 Å². The summed E-state index contributed by atoms with van der Waals surface area (Å²) in [6, 6.07) is 7.38. The Balaban J connectivity index is 2.29. The van der Waals surface area contributed by atoms with E-state index in [1.165, 1.54) is 0 Å². The first-order valence-electron chi connectivity index (χ1n) is 6.57. The van der Waals surface area contributed by atoms with Gasteiger partial charge in [-0.15, -0.1) is 0 Å². The highest BCUT2D eigenvalue weighted by Gasteiger charge is 2.54. The van der Waals surface area contributed by atoms with Crippen LogP contribution in [0.2, 0.25) is 0 Å². The Morgan fingerprint density at radius 2 is 1.89 bits per heavy atom. The predicted molar refractivity (Wildman–Crippen MR) is 74.6 cm³/mol. The largest absolute Gasteiger partial charge is 0.497 e. The monoisotopic (exact) mass is 263 g/mol. The molecule has 1 saturated carbocycles. The van der Waals surface area contributed by atoms with Crippen LogP contribution in [0.4, 0.5) is 5.69 Å². The lowest BCUT2D eigenvalue weighted by Gasteiger charge is -2.39. The molecular weight excluding hydrogens is 242 g/mol. The van der Waals surface area contributed by atoms with Crippen molar-refractivity contribution in [1.29, 1.82) is 0 Å². The van der Waals surface area contributed by atoms with E-state index in [2.05, 4.69) is 5.32 Å². The molecule has 1 aromatic rings. The van der Waals surface area contributed by atoms with Crippen LogP contribution >= 0.6 is 0 Å². The van der Waals surface area contributed by atoms with Gasteiger partial charge in [0.25, 0.3) is 0 Å². The highest BCUT2D eigenvalue weighted by molar-refractivity contribution is 5.84. The fourth-order valence-corrected chi connectivity index (χ4v) is 2.95. The average Bonchev–Trinajstić information content (AvgIpc) is 2.67. The van der Waals surface area contributed by atoms with Crippen LogP contribution in [0.3, 0.4) is 0 Å². The summed E-state index contributed by atoms with van der Waals surface area (Å²) < 4.78 is 5.11. The number of carbonyl (C=O) groups is 1. The Morgan fingerprint density at radius 3 is 2.32 bits per heavy atom. The third kappa shape index (κ3) is 2.27. The third-order valence-corrected chi connectivity index (χ3v) is 4.32. The Morgan fingerprint density at radius 1 is 1.26 bits per heavy atom. The Bertz CT molecular complexity index is 467. The number of carboxylic acid groups (broad SMARTS) is 1. The number of benzene rings is 1. The van der Waals surface area contributed by atoms with Gasteiger partial charge in [0.15, 0.2) is 0 Å². The summed E-state index contributed by atoms with van der Waals surface area (Å²) in [7, 11) is 1.61. The summed E-state index contributed by atoms with van der Waals surface area (Å²) >= 11 is 0. The fourth-order valence-electron chi connectivity index (χ4n) is 2.95. The molecule has 19 heavy (non-hydrogen) atoms. The number of hydrogen-bond acceptors (Lipinski definition) is 3. The van der Waals surface area contributed by atoms with Crippen molar-refractivity contribution < 1.29 is 14.6 Å². The first kappa shape index (κ1) is 13.7. The van der Waals surface area contributed by atoms with Gasteiger partial charge >= 0.3 is 5.97 Å².